The van der Waals surface area contributed by atoms with Crippen LogP contribution in [0, 0.1) is 17.8 Å². The van der Waals surface area contributed by atoms with Gasteiger partial charge >= 0.3 is 0 Å². The van der Waals surface area contributed by atoms with Gasteiger partial charge in [0.25, 0.3) is 0 Å². The van der Waals surface area contributed by atoms with Crippen LogP contribution in [0.5, 0.6) is 0 Å². The normalized spacial score (nSPS) is 54.5. The average molecular weight is 154 g/mol. The molecule has 3 fully saturated rings. The van der Waals surface area contributed by atoms with Gasteiger partial charge in [0, 0.05) is 5.92 Å². The van der Waals surface area contributed by atoms with Crippen molar-refractivity contribution in [3.63, 3.8) is 0 Å². The molecule has 0 N–H and O–H groups in total. The second kappa shape index (κ2) is 2.20. The predicted molar refractivity (Wildman–Crippen MR) is 39.8 cm³/mol. The van der Waals surface area contributed by atoms with Gasteiger partial charge in [0.2, 0.25) is 0 Å². The average Bonchev–Trinajstić information content (AvgIpc) is 2.58. The molecule has 4 unspecified atom stereocenters. The van der Waals surface area contributed by atoms with E-state index in [9.17, 15) is 0 Å². The second-order valence-electron chi connectivity index (χ2n) is 4.28. The summed E-state index contributed by atoms with van der Waals surface area (Å²) in [5.41, 5.74) is 0. The van der Waals surface area contributed by atoms with Gasteiger partial charge in [0.1, 0.15) is 6.10 Å². The standard InChI is InChI=1S/C9H14O2/c1-2-7-3-6(1)4-8-5-10-11-9(7)8/h6-9H,1-5H2. The van der Waals surface area contributed by atoms with E-state index in [1.54, 1.807) is 0 Å². The first-order valence-electron chi connectivity index (χ1n) is 4.72. The van der Waals surface area contributed by atoms with E-state index in [-0.39, 0.29) is 0 Å². The van der Waals surface area contributed by atoms with Crippen molar-refractivity contribution in [2.24, 2.45) is 17.8 Å². The first-order valence-corrected chi connectivity index (χ1v) is 4.72. The van der Waals surface area contributed by atoms with Crippen LogP contribution < -0.4 is 0 Å². The Morgan fingerprint density at radius 3 is 2.91 bits per heavy atom. The Bertz CT molecular complexity index is 167. The summed E-state index contributed by atoms with van der Waals surface area (Å²) in [5.74, 6) is 2.58. The monoisotopic (exact) mass is 154 g/mol. The predicted octanol–water partition coefficient (Wildman–Crippen LogP) is 1.75. The summed E-state index contributed by atoms with van der Waals surface area (Å²) in [7, 11) is 0. The summed E-state index contributed by atoms with van der Waals surface area (Å²) in [6.45, 7) is 0.859. The van der Waals surface area contributed by atoms with Crippen molar-refractivity contribution in [3.05, 3.63) is 0 Å². The van der Waals surface area contributed by atoms with E-state index in [1.807, 2.05) is 0 Å². The Morgan fingerprint density at radius 2 is 1.91 bits per heavy atom. The quantitative estimate of drug-likeness (QED) is 0.495. The van der Waals surface area contributed by atoms with E-state index in [4.69, 9.17) is 9.78 Å². The fourth-order valence-electron chi connectivity index (χ4n) is 3.10. The van der Waals surface area contributed by atoms with E-state index in [2.05, 4.69) is 0 Å². The van der Waals surface area contributed by atoms with Crippen molar-refractivity contribution in [2.45, 2.75) is 31.8 Å². The summed E-state index contributed by atoms with van der Waals surface area (Å²) >= 11 is 0. The summed E-state index contributed by atoms with van der Waals surface area (Å²) < 4.78 is 0. The van der Waals surface area contributed by atoms with Crippen molar-refractivity contribution < 1.29 is 9.78 Å². The van der Waals surface area contributed by atoms with Crippen LogP contribution in [0.3, 0.4) is 0 Å². The summed E-state index contributed by atoms with van der Waals surface area (Å²) in [6.07, 6.45) is 6.07. The molecule has 3 rings (SSSR count). The molecule has 0 aromatic rings. The zero-order valence-corrected chi connectivity index (χ0v) is 6.66. The molecule has 2 nitrogen and oxygen atoms in total. The molecule has 62 valence electrons. The molecular formula is C9H14O2. The van der Waals surface area contributed by atoms with E-state index in [1.165, 1.54) is 25.7 Å². The van der Waals surface area contributed by atoms with Crippen molar-refractivity contribution in [1.29, 1.82) is 0 Å². The van der Waals surface area contributed by atoms with Crippen molar-refractivity contribution in [3.8, 4) is 0 Å². The van der Waals surface area contributed by atoms with Gasteiger partial charge in [-0.2, -0.15) is 0 Å². The lowest BCUT2D eigenvalue weighted by Gasteiger charge is -2.27. The largest absolute Gasteiger partial charge is 0.236 e. The maximum Gasteiger partial charge on any atom is 0.101 e. The highest BCUT2D eigenvalue weighted by molar-refractivity contribution is 4.92. The van der Waals surface area contributed by atoms with Gasteiger partial charge in [0.15, 0.2) is 0 Å². The highest BCUT2D eigenvalue weighted by atomic mass is 17.2. The molecule has 11 heavy (non-hydrogen) atoms. The van der Waals surface area contributed by atoms with Crippen LogP contribution in [-0.2, 0) is 9.78 Å². The third kappa shape index (κ3) is 0.859. The highest BCUT2D eigenvalue weighted by Crippen LogP contribution is 2.47. The molecule has 2 bridgehead atoms. The Hall–Kier alpha value is -0.0800. The minimum atomic E-state index is 0.466. The highest BCUT2D eigenvalue weighted by Gasteiger charge is 2.46. The van der Waals surface area contributed by atoms with Gasteiger partial charge in [-0.15, -0.1) is 0 Å². The molecule has 0 aromatic carbocycles. The number of fused-ring (bicyclic) bond motifs is 4. The maximum atomic E-state index is 5.29. The van der Waals surface area contributed by atoms with Crippen LogP contribution in [-0.4, -0.2) is 12.7 Å². The fourth-order valence-corrected chi connectivity index (χ4v) is 3.10. The zero-order valence-electron chi connectivity index (χ0n) is 6.66. The Kier molecular flexibility index (Phi) is 1.29. The van der Waals surface area contributed by atoms with Crippen molar-refractivity contribution in [1.82, 2.24) is 0 Å². The van der Waals surface area contributed by atoms with Gasteiger partial charge in [0.05, 0.1) is 6.61 Å². The minimum Gasteiger partial charge on any atom is -0.236 e. The maximum absolute atomic E-state index is 5.29. The van der Waals surface area contributed by atoms with Crippen LogP contribution in [0.1, 0.15) is 25.7 Å². The van der Waals surface area contributed by atoms with Crippen molar-refractivity contribution >= 4 is 0 Å². The first kappa shape index (κ1) is 6.44. The molecule has 0 aromatic heterocycles. The molecule has 4 atom stereocenters. The Morgan fingerprint density at radius 1 is 1.00 bits per heavy atom. The molecule has 1 heterocycles. The van der Waals surface area contributed by atoms with Gasteiger partial charge in [-0.1, -0.05) is 6.42 Å². The Balaban J connectivity index is 1.85. The SMILES string of the molecule is C1CC2CC1CC1COOC21. The smallest absolute Gasteiger partial charge is 0.101 e. The molecule has 0 spiro atoms. The lowest BCUT2D eigenvalue weighted by atomic mass is 9.79. The van der Waals surface area contributed by atoms with Crippen LogP contribution in [0.2, 0.25) is 0 Å². The number of rotatable bonds is 0. The van der Waals surface area contributed by atoms with Crippen molar-refractivity contribution in [2.75, 3.05) is 6.61 Å². The summed E-state index contributed by atoms with van der Waals surface area (Å²) in [6, 6.07) is 0. The van der Waals surface area contributed by atoms with E-state index >= 15 is 0 Å². The lowest BCUT2D eigenvalue weighted by Crippen LogP contribution is -2.30. The van der Waals surface area contributed by atoms with Gasteiger partial charge < -0.3 is 0 Å². The molecule has 1 saturated heterocycles. The zero-order chi connectivity index (χ0) is 7.26. The lowest BCUT2D eigenvalue weighted by molar-refractivity contribution is -0.283. The molecule has 3 aliphatic rings. The van der Waals surface area contributed by atoms with Crippen LogP contribution in [0.15, 0.2) is 0 Å². The third-order valence-electron chi connectivity index (χ3n) is 3.61. The van der Waals surface area contributed by atoms with Crippen LogP contribution in [0.4, 0.5) is 0 Å². The van der Waals surface area contributed by atoms with E-state index in [0.29, 0.717) is 6.10 Å². The van der Waals surface area contributed by atoms with E-state index < -0.39 is 0 Å². The molecule has 0 amide bonds. The van der Waals surface area contributed by atoms with Gasteiger partial charge in [-0.3, -0.25) is 0 Å². The summed E-state index contributed by atoms with van der Waals surface area (Å²) in [5, 5.41) is 0. The van der Waals surface area contributed by atoms with Gasteiger partial charge in [-0.25, -0.2) is 9.78 Å². The third-order valence-corrected chi connectivity index (χ3v) is 3.61. The summed E-state index contributed by atoms with van der Waals surface area (Å²) in [4.78, 5) is 10.3. The molecular weight excluding hydrogens is 140 g/mol. The fraction of sp³-hybridized carbons (Fsp3) is 1.00. The van der Waals surface area contributed by atoms with Gasteiger partial charge in [-0.05, 0) is 31.1 Å². The topological polar surface area (TPSA) is 18.5 Å². The number of hydrogen-bond donors (Lipinski definition) is 0. The molecule has 0 radical (unpaired) electrons. The van der Waals surface area contributed by atoms with E-state index in [0.717, 1.165) is 24.4 Å². The molecule has 1 aliphatic heterocycles. The molecule has 2 aliphatic carbocycles. The molecule has 2 saturated carbocycles. The first-order chi connectivity index (χ1) is 5.43. The minimum absolute atomic E-state index is 0.466. The Labute approximate surface area is 66.8 Å². The number of hydrogen-bond acceptors (Lipinski definition) is 2. The molecule has 2 heteroatoms. The van der Waals surface area contributed by atoms with Crippen LogP contribution >= 0.6 is 0 Å². The second-order valence-corrected chi connectivity index (χ2v) is 4.28. The van der Waals surface area contributed by atoms with Crippen LogP contribution in [0.25, 0.3) is 0 Å².